The molecule has 4 N–H and O–H groups in total. The quantitative estimate of drug-likeness (QED) is 0.690. The van der Waals surface area contributed by atoms with Crippen LogP contribution in [0.25, 0.3) is 0 Å². The maximum atomic E-state index is 11.1. The lowest BCUT2D eigenvalue weighted by Crippen LogP contribution is -2.22. The predicted molar refractivity (Wildman–Crippen MR) is 58.6 cm³/mol. The van der Waals surface area contributed by atoms with Crippen LogP contribution in [-0.4, -0.2) is 35.4 Å². The molecule has 1 aromatic rings. The van der Waals surface area contributed by atoms with Gasteiger partial charge in [0, 0.05) is 5.02 Å². The van der Waals surface area contributed by atoms with Crippen LogP contribution in [0.3, 0.4) is 0 Å². The number of benzene rings is 1. The van der Waals surface area contributed by atoms with Crippen molar-refractivity contribution in [3.8, 4) is 5.75 Å². The molecule has 0 aromatic heterocycles. The summed E-state index contributed by atoms with van der Waals surface area (Å²) in [4.78, 5) is 11.1. The van der Waals surface area contributed by atoms with Gasteiger partial charge in [0.25, 0.3) is 5.91 Å². The highest BCUT2D eigenvalue weighted by atomic mass is 35.5. The number of hydrogen-bond acceptors (Lipinski definition) is 4. The Hall–Kier alpha value is -1.30. The third-order valence-corrected chi connectivity index (χ3v) is 2.08. The molecular weight excluding hydrogens is 234 g/mol. The lowest BCUT2D eigenvalue weighted by atomic mass is 10.2. The number of hydrogen-bond donors (Lipinski definition) is 3. The van der Waals surface area contributed by atoms with Gasteiger partial charge in [0.1, 0.15) is 18.5 Å². The molecule has 0 aliphatic rings. The van der Waals surface area contributed by atoms with Crippen LogP contribution in [0.1, 0.15) is 10.4 Å². The Kier molecular flexibility index (Phi) is 4.54. The Morgan fingerprint density at radius 1 is 1.56 bits per heavy atom. The molecule has 0 radical (unpaired) electrons. The molecule has 0 bridgehead atoms. The lowest BCUT2D eigenvalue weighted by molar-refractivity contribution is 0.0531. The molecule has 0 unspecified atom stereocenters. The van der Waals surface area contributed by atoms with E-state index >= 15 is 0 Å². The summed E-state index contributed by atoms with van der Waals surface area (Å²) in [6.07, 6.45) is -1.00. The molecule has 5 nitrogen and oxygen atoms in total. The fourth-order valence-corrected chi connectivity index (χ4v) is 1.23. The second-order valence-electron chi connectivity index (χ2n) is 3.15. The van der Waals surface area contributed by atoms with E-state index in [0.29, 0.717) is 5.02 Å². The number of amides is 1. The number of halogens is 1. The molecule has 0 aliphatic carbocycles. The lowest BCUT2D eigenvalue weighted by Gasteiger charge is -2.12. The number of ether oxygens (including phenoxy) is 1. The SMILES string of the molecule is NC(=O)c1cc(Cl)ccc1OC[C@@H](O)CO. The zero-order valence-corrected chi connectivity index (χ0v) is 9.15. The van der Waals surface area contributed by atoms with Gasteiger partial charge in [-0.25, -0.2) is 0 Å². The maximum Gasteiger partial charge on any atom is 0.252 e. The third-order valence-electron chi connectivity index (χ3n) is 1.85. The van der Waals surface area contributed by atoms with Crippen LogP contribution in [0.2, 0.25) is 5.02 Å². The van der Waals surface area contributed by atoms with Crippen LogP contribution in [0.4, 0.5) is 0 Å². The Bertz CT molecular complexity index is 383. The number of carbonyl (C=O) groups excluding carboxylic acids is 1. The number of aliphatic hydroxyl groups excluding tert-OH is 2. The van der Waals surface area contributed by atoms with Crippen molar-refractivity contribution in [3.63, 3.8) is 0 Å². The van der Waals surface area contributed by atoms with Crippen molar-refractivity contribution in [2.45, 2.75) is 6.10 Å². The van der Waals surface area contributed by atoms with Crippen molar-refractivity contribution in [3.05, 3.63) is 28.8 Å². The average molecular weight is 246 g/mol. The Labute approximate surface area is 97.4 Å². The highest BCUT2D eigenvalue weighted by Gasteiger charge is 2.11. The molecule has 1 amide bonds. The van der Waals surface area contributed by atoms with E-state index in [-0.39, 0.29) is 17.9 Å². The largest absolute Gasteiger partial charge is 0.490 e. The van der Waals surface area contributed by atoms with Crippen molar-refractivity contribution in [1.29, 1.82) is 0 Å². The van der Waals surface area contributed by atoms with E-state index in [1.54, 1.807) is 0 Å². The van der Waals surface area contributed by atoms with E-state index in [0.717, 1.165) is 0 Å². The van der Waals surface area contributed by atoms with Gasteiger partial charge in [-0.15, -0.1) is 0 Å². The summed E-state index contributed by atoms with van der Waals surface area (Å²) in [7, 11) is 0. The number of carbonyl (C=O) groups is 1. The van der Waals surface area contributed by atoms with Gasteiger partial charge in [-0.05, 0) is 18.2 Å². The molecular formula is C10H12ClNO4. The second kappa shape index (κ2) is 5.69. The minimum atomic E-state index is -1.00. The topological polar surface area (TPSA) is 92.8 Å². The monoisotopic (exact) mass is 245 g/mol. The molecule has 0 aliphatic heterocycles. The second-order valence-corrected chi connectivity index (χ2v) is 3.59. The fourth-order valence-electron chi connectivity index (χ4n) is 1.06. The molecule has 1 atom stereocenters. The van der Waals surface area contributed by atoms with Crippen molar-refractivity contribution in [1.82, 2.24) is 0 Å². The standard InChI is InChI=1S/C10H12ClNO4/c11-6-1-2-9(8(3-6)10(12)15)16-5-7(14)4-13/h1-3,7,13-14H,4-5H2,(H2,12,15)/t7-/m0/s1. The van der Waals surface area contributed by atoms with E-state index in [1.165, 1.54) is 18.2 Å². The van der Waals surface area contributed by atoms with Gasteiger partial charge in [0.15, 0.2) is 0 Å². The van der Waals surface area contributed by atoms with Gasteiger partial charge in [-0.3, -0.25) is 4.79 Å². The van der Waals surface area contributed by atoms with E-state index < -0.39 is 18.6 Å². The van der Waals surface area contributed by atoms with Crippen LogP contribution in [0.5, 0.6) is 5.75 Å². The summed E-state index contributed by atoms with van der Waals surface area (Å²) in [5, 5.41) is 18.0. The summed E-state index contributed by atoms with van der Waals surface area (Å²) in [5.74, 6) is -0.444. The normalized spacial score (nSPS) is 12.2. The van der Waals surface area contributed by atoms with Crippen LogP contribution in [-0.2, 0) is 0 Å². The first-order valence-corrected chi connectivity index (χ1v) is 4.93. The first-order chi connectivity index (χ1) is 7.54. The number of primary amides is 1. The minimum Gasteiger partial charge on any atom is -0.490 e. The van der Waals surface area contributed by atoms with Crippen LogP contribution >= 0.6 is 11.6 Å². The Morgan fingerprint density at radius 3 is 2.81 bits per heavy atom. The smallest absolute Gasteiger partial charge is 0.252 e. The first kappa shape index (κ1) is 12.8. The van der Waals surface area contributed by atoms with E-state index in [1.807, 2.05) is 0 Å². The van der Waals surface area contributed by atoms with Gasteiger partial charge in [0.05, 0.1) is 12.2 Å². The third kappa shape index (κ3) is 3.37. The highest BCUT2D eigenvalue weighted by Crippen LogP contribution is 2.22. The summed E-state index contributed by atoms with van der Waals surface area (Å²) in [6, 6.07) is 4.39. The molecule has 0 spiro atoms. The minimum absolute atomic E-state index is 0.127. The Morgan fingerprint density at radius 2 is 2.25 bits per heavy atom. The van der Waals surface area contributed by atoms with Gasteiger partial charge >= 0.3 is 0 Å². The molecule has 0 saturated carbocycles. The summed E-state index contributed by atoms with van der Waals surface area (Å²) in [6.45, 7) is -0.544. The summed E-state index contributed by atoms with van der Waals surface area (Å²) < 4.78 is 5.14. The van der Waals surface area contributed by atoms with Crippen molar-refractivity contribution in [2.75, 3.05) is 13.2 Å². The zero-order chi connectivity index (χ0) is 12.1. The van der Waals surface area contributed by atoms with Gasteiger partial charge < -0.3 is 20.7 Å². The van der Waals surface area contributed by atoms with Gasteiger partial charge in [-0.1, -0.05) is 11.6 Å². The van der Waals surface area contributed by atoms with E-state index in [2.05, 4.69) is 0 Å². The van der Waals surface area contributed by atoms with E-state index in [9.17, 15) is 4.79 Å². The molecule has 1 rings (SSSR count). The first-order valence-electron chi connectivity index (χ1n) is 4.55. The van der Waals surface area contributed by atoms with Crippen molar-refractivity contribution >= 4 is 17.5 Å². The molecule has 0 heterocycles. The van der Waals surface area contributed by atoms with Crippen LogP contribution in [0.15, 0.2) is 18.2 Å². The van der Waals surface area contributed by atoms with Gasteiger partial charge in [0.2, 0.25) is 0 Å². The molecule has 0 fully saturated rings. The molecule has 0 saturated heterocycles. The Balaban J connectivity index is 2.82. The maximum absolute atomic E-state index is 11.1. The van der Waals surface area contributed by atoms with Crippen LogP contribution in [0, 0.1) is 0 Å². The number of rotatable bonds is 5. The number of aliphatic hydroxyl groups is 2. The molecule has 1 aromatic carbocycles. The van der Waals surface area contributed by atoms with Crippen molar-refractivity contribution in [2.24, 2.45) is 5.73 Å². The summed E-state index contributed by atoms with van der Waals surface area (Å²) >= 11 is 5.70. The van der Waals surface area contributed by atoms with Crippen LogP contribution < -0.4 is 10.5 Å². The average Bonchev–Trinajstić information content (AvgIpc) is 2.26. The van der Waals surface area contributed by atoms with E-state index in [4.69, 9.17) is 32.3 Å². The van der Waals surface area contributed by atoms with Gasteiger partial charge in [-0.2, -0.15) is 0 Å². The van der Waals surface area contributed by atoms with Crippen molar-refractivity contribution < 1.29 is 19.7 Å². The zero-order valence-electron chi connectivity index (χ0n) is 8.39. The number of nitrogens with two attached hydrogens (primary N) is 1. The highest BCUT2D eigenvalue weighted by molar-refractivity contribution is 6.31. The molecule has 16 heavy (non-hydrogen) atoms. The molecule has 88 valence electrons. The predicted octanol–water partition coefficient (Wildman–Crippen LogP) is 0.171. The fraction of sp³-hybridized carbons (Fsp3) is 0.300. The summed E-state index contributed by atoms with van der Waals surface area (Å²) in [5.41, 5.74) is 5.27. The molecule has 6 heteroatoms.